The summed E-state index contributed by atoms with van der Waals surface area (Å²) in [6, 6.07) is 2.14. The maximum atomic E-state index is 4.43. The van der Waals surface area contributed by atoms with Crippen molar-refractivity contribution >= 4 is 22.7 Å². The lowest BCUT2D eigenvalue weighted by atomic mass is 10.3. The molecule has 0 saturated heterocycles. The van der Waals surface area contributed by atoms with Crippen LogP contribution in [0.3, 0.4) is 0 Å². The average molecular weight is 224 g/mol. The molecular formula is C10H12N2S2. The van der Waals surface area contributed by atoms with Gasteiger partial charge < -0.3 is 5.32 Å². The Morgan fingerprint density at radius 3 is 3.00 bits per heavy atom. The molecule has 0 spiro atoms. The summed E-state index contributed by atoms with van der Waals surface area (Å²) in [7, 11) is 1.95. The third-order valence-corrected chi connectivity index (χ3v) is 4.13. The Kier molecular flexibility index (Phi) is 2.96. The molecule has 74 valence electrons. The molecular weight excluding hydrogens is 212 g/mol. The summed E-state index contributed by atoms with van der Waals surface area (Å²) >= 11 is 3.53. The van der Waals surface area contributed by atoms with Gasteiger partial charge in [0.05, 0.1) is 4.88 Å². The van der Waals surface area contributed by atoms with E-state index in [0.29, 0.717) is 0 Å². The SMILES string of the molecule is CNCc1cnc(-c2sccc2C)s1. The summed E-state index contributed by atoms with van der Waals surface area (Å²) in [5, 5.41) is 6.39. The van der Waals surface area contributed by atoms with Crippen LogP contribution in [-0.2, 0) is 6.54 Å². The number of nitrogens with zero attached hydrogens (tertiary/aromatic N) is 1. The molecule has 0 atom stereocenters. The van der Waals surface area contributed by atoms with E-state index < -0.39 is 0 Å². The minimum absolute atomic E-state index is 0.905. The molecule has 0 bridgehead atoms. The van der Waals surface area contributed by atoms with Crippen LogP contribution in [0.4, 0.5) is 0 Å². The molecule has 0 saturated carbocycles. The third kappa shape index (κ3) is 1.87. The van der Waals surface area contributed by atoms with Gasteiger partial charge in [0, 0.05) is 17.6 Å². The Hall–Kier alpha value is -0.710. The molecule has 0 aliphatic rings. The van der Waals surface area contributed by atoms with Gasteiger partial charge in [-0.05, 0) is 31.0 Å². The second-order valence-corrected chi connectivity index (χ2v) is 5.13. The highest BCUT2D eigenvalue weighted by Gasteiger charge is 2.07. The summed E-state index contributed by atoms with van der Waals surface area (Å²) in [5.41, 5.74) is 1.32. The molecule has 2 rings (SSSR count). The van der Waals surface area contributed by atoms with Crippen LogP contribution in [0, 0.1) is 6.92 Å². The van der Waals surface area contributed by atoms with E-state index in [-0.39, 0.29) is 0 Å². The summed E-state index contributed by atoms with van der Waals surface area (Å²) < 4.78 is 0. The monoisotopic (exact) mass is 224 g/mol. The molecule has 14 heavy (non-hydrogen) atoms. The number of thiophene rings is 1. The van der Waals surface area contributed by atoms with Crippen LogP contribution in [0.25, 0.3) is 9.88 Å². The largest absolute Gasteiger partial charge is 0.315 e. The zero-order chi connectivity index (χ0) is 9.97. The van der Waals surface area contributed by atoms with Crippen LogP contribution >= 0.6 is 22.7 Å². The molecule has 1 N–H and O–H groups in total. The van der Waals surface area contributed by atoms with Gasteiger partial charge >= 0.3 is 0 Å². The number of aromatic nitrogens is 1. The first-order chi connectivity index (χ1) is 6.81. The summed E-state index contributed by atoms with van der Waals surface area (Å²) in [5.74, 6) is 0. The number of hydrogen-bond acceptors (Lipinski definition) is 4. The standard InChI is InChI=1S/C10H12N2S2/c1-7-3-4-13-9(7)10-12-6-8(14-10)5-11-2/h3-4,6,11H,5H2,1-2H3. The maximum absolute atomic E-state index is 4.43. The van der Waals surface area contributed by atoms with Crippen molar-refractivity contribution in [2.75, 3.05) is 7.05 Å². The van der Waals surface area contributed by atoms with E-state index in [1.165, 1.54) is 15.3 Å². The zero-order valence-electron chi connectivity index (χ0n) is 8.20. The predicted octanol–water partition coefficient (Wildman–Crippen LogP) is 2.90. The molecule has 0 amide bonds. The van der Waals surface area contributed by atoms with E-state index in [1.807, 2.05) is 13.2 Å². The van der Waals surface area contributed by atoms with Gasteiger partial charge in [-0.15, -0.1) is 22.7 Å². The van der Waals surface area contributed by atoms with E-state index in [2.05, 4.69) is 28.7 Å². The fourth-order valence-corrected chi connectivity index (χ4v) is 3.27. The zero-order valence-corrected chi connectivity index (χ0v) is 9.84. The molecule has 0 fully saturated rings. The van der Waals surface area contributed by atoms with Gasteiger partial charge in [-0.2, -0.15) is 0 Å². The molecule has 2 aromatic rings. The van der Waals surface area contributed by atoms with E-state index in [9.17, 15) is 0 Å². The predicted molar refractivity (Wildman–Crippen MR) is 62.9 cm³/mol. The highest BCUT2D eigenvalue weighted by Crippen LogP contribution is 2.32. The minimum Gasteiger partial charge on any atom is -0.315 e. The Balaban J connectivity index is 2.29. The normalized spacial score (nSPS) is 10.7. The lowest BCUT2D eigenvalue weighted by Crippen LogP contribution is -2.02. The highest BCUT2D eigenvalue weighted by atomic mass is 32.1. The molecule has 0 aliphatic heterocycles. The van der Waals surface area contributed by atoms with Crippen LogP contribution in [0.1, 0.15) is 10.4 Å². The number of hydrogen-bond donors (Lipinski definition) is 1. The van der Waals surface area contributed by atoms with Gasteiger partial charge in [0.1, 0.15) is 5.01 Å². The van der Waals surface area contributed by atoms with Crippen LogP contribution in [0.2, 0.25) is 0 Å². The first-order valence-corrected chi connectivity index (χ1v) is 6.14. The summed E-state index contributed by atoms with van der Waals surface area (Å²) in [4.78, 5) is 7.02. The van der Waals surface area contributed by atoms with Crippen molar-refractivity contribution in [2.24, 2.45) is 0 Å². The van der Waals surface area contributed by atoms with Crippen molar-refractivity contribution in [1.82, 2.24) is 10.3 Å². The Labute approximate surface area is 91.6 Å². The molecule has 2 aromatic heterocycles. The Morgan fingerprint density at radius 2 is 2.36 bits per heavy atom. The quantitative estimate of drug-likeness (QED) is 0.867. The fraction of sp³-hybridized carbons (Fsp3) is 0.300. The second-order valence-electron chi connectivity index (χ2n) is 3.09. The molecule has 0 aromatic carbocycles. The molecule has 2 heterocycles. The number of rotatable bonds is 3. The molecule has 2 nitrogen and oxygen atoms in total. The lowest BCUT2D eigenvalue weighted by Gasteiger charge is -1.92. The van der Waals surface area contributed by atoms with Crippen molar-refractivity contribution in [2.45, 2.75) is 13.5 Å². The Morgan fingerprint density at radius 1 is 1.50 bits per heavy atom. The van der Waals surface area contributed by atoms with Gasteiger partial charge in [0.25, 0.3) is 0 Å². The summed E-state index contributed by atoms with van der Waals surface area (Å²) in [6.07, 6.45) is 1.95. The summed E-state index contributed by atoms with van der Waals surface area (Å²) in [6.45, 7) is 3.03. The first kappa shape index (κ1) is 9.83. The number of aryl methyl sites for hydroxylation is 1. The van der Waals surface area contributed by atoms with E-state index >= 15 is 0 Å². The van der Waals surface area contributed by atoms with Crippen LogP contribution in [0.15, 0.2) is 17.6 Å². The number of nitrogens with one attached hydrogen (secondary N) is 1. The van der Waals surface area contributed by atoms with Crippen molar-refractivity contribution < 1.29 is 0 Å². The molecule has 4 heteroatoms. The van der Waals surface area contributed by atoms with E-state index in [1.54, 1.807) is 22.7 Å². The second kappa shape index (κ2) is 4.21. The van der Waals surface area contributed by atoms with Gasteiger partial charge in [0.15, 0.2) is 0 Å². The molecule has 0 unspecified atom stereocenters. The smallest absolute Gasteiger partial charge is 0.133 e. The van der Waals surface area contributed by atoms with Crippen LogP contribution in [0.5, 0.6) is 0 Å². The third-order valence-electron chi connectivity index (χ3n) is 1.96. The van der Waals surface area contributed by atoms with Gasteiger partial charge in [0.2, 0.25) is 0 Å². The van der Waals surface area contributed by atoms with Crippen molar-refractivity contribution in [3.63, 3.8) is 0 Å². The van der Waals surface area contributed by atoms with Gasteiger partial charge in [-0.25, -0.2) is 4.98 Å². The van der Waals surface area contributed by atoms with Crippen LogP contribution < -0.4 is 5.32 Å². The van der Waals surface area contributed by atoms with E-state index in [0.717, 1.165) is 11.6 Å². The van der Waals surface area contributed by atoms with Gasteiger partial charge in [-0.1, -0.05) is 0 Å². The van der Waals surface area contributed by atoms with Crippen molar-refractivity contribution in [1.29, 1.82) is 0 Å². The van der Waals surface area contributed by atoms with Crippen molar-refractivity contribution in [3.05, 3.63) is 28.1 Å². The van der Waals surface area contributed by atoms with Crippen LogP contribution in [-0.4, -0.2) is 12.0 Å². The molecule has 0 aliphatic carbocycles. The maximum Gasteiger partial charge on any atom is 0.133 e. The van der Waals surface area contributed by atoms with Gasteiger partial charge in [-0.3, -0.25) is 0 Å². The minimum atomic E-state index is 0.905. The topological polar surface area (TPSA) is 24.9 Å². The fourth-order valence-electron chi connectivity index (χ4n) is 1.26. The van der Waals surface area contributed by atoms with Crippen molar-refractivity contribution in [3.8, 4) is 9.88 Å². The molecule has 0 radical (unpaired) electrons. The Bertz CT molecular complexity index is 417. The first-order valence-electron chi connectivity index (χ1n) is 4.45. The number of thiazole rings is 1. The average Bonchev–Trinajstić information content (AvgIpc) is 2.74. The van der Waals surface area contributed by atoms with E-state index in [4.69, 9.17) is 0 Å². The highest BCUT2D eigenvalue weighted by molar-refractivity contribution is 7.21. The lowest BCUT2D eigenvalue weighted by molar-refractivity contribution is 0.829.